The molecule has 0 saturated heterocycles. The molecule has 0 fully saturated rings. The molecule has 0 aliphatic carbocycles. The van der Waals surface area contributed by atoms with Crippen LogP contribution in [0.2, 0.25) is 0 Å². The van der Waals surface area contributed by atoms with Crippen molar-refractivity contribution in [3.63, 3.8) is 0 Å². The van der Waals surface area contributed by atoms with Crippen molar-refractivity contribution in [3.05, 3.63) is 35.4 Å². The van der Waals surface area contributed by atoms with Crippen LogP contribution in [0.1, 0.15) is 46.2 Å². The Labute approximate surface area is 120 Å². The summed E-state index contributed by atoms with van der Waals surface area (Å²) in [5, 5.41) is 3.32. The molecular formula is C16H25F2NO. The quantitative estimate of drug-likeness (QED) is 0.851. The largest absolute Gasteiger partial charge is 0.376 e. The van der Waals surface area contributed by atoms with Gasteiger partial charge in [0.05, 0.1) is 12.1 Å². The number of benzene rings is 1. The summed E-state index contributed by atoms with van der Waals surface area (Å²) in [7, 11) is 0. The summed E-state index contributed by atoms with van der Waals surface area (Å²) in [5.41, 5.74) is 0.590. The molecule has 0 aliphatic rings. The van der Waals surface area contributed by atoms with E-state index in [1.54, 1.807) is 6.07 Å². The Bertz CT molecular complexity index is 429. The fourth-order valence-electron chi connectivity index (χ4n) is 2.35. The molecule has 2 atom stereocenters. The SMILES string of the molecule is CCNC(c1ccc(F)c(F)c1)C(OCC)C(C)(C)C. The van der Waals surface area contributed by atoms with E-state index in [0.717, 1.165) is 6.54 Å². The molecule has 0 saturated carbocycles. The van der Waals surface area contributed by atoms with Crippen molar-refractivity contribution in [2.24, 2.45) is 5.41 Å². The summed E-state index contributed by atoms with van der Waals surface area (Å²) in [4.78, 5) is 0. The van der Waals surface area contributed by atoms with Gasteiger partial charge in [-0.05, 0) is 36.6 Å². The van der Waals surface area contributed by atoms with Gasteiger partial charge in [0.2, 0.25) is 0 Å². The summed E-state index contributed by atoms with van der Waals surface area (Å²) in [6.45, 7) is 11.5. The van der Waals surface area contributed by atoms with Crippen molar-refractivity contribution in [2.75, 3.05) is 13.2 Å². The Morgan fingerprint density at radius 2 is 1.80 bits per heavy atom. The van der Waals surface area contributed by atoms with Crippen molar-refractivity contribution in [2.45, 2.75) is 46.8 Å². The van der Waals surface area contributed by atoms with E-state index in [2.05, 4.69) is 26.1 Å². The van der Waals surface area contributed by atoms with Gasteiger partial charge in [-0.2, -0.15) is 0 Å². The number of hydrogen-bond donors (Lipinski definition) is 1. The van der Waals surface area contributed by atoms with E-state index in [1.165, 1.54) is 12.1 Å². The average molecular weight is 285 g/mol. The topological polar surface area (TPSA) is 21.3 Å². The molecule has 2 nitrogen and oxygen atoms in total. The molecule has 0 amide bonds. The minimum Gasteiger partial charge on any atom is -0.376 e. The molecule has 1 rings (SSSR count). The lowest BCUT2D eigenvalue weighted by Gasteiger charge is -2.37. The maximum Gasteiger partial charge on any atom is 0.159 e. The van der Waals surface area contributed by atoms with Crippen LogP contribution in [0, 0.1) is 17.0 Å². The molecule has 0 aromatic heterocycles. The second kappa shape index (κ2) is 7.14. The minimum absolute atomic E-state index is 0.117. The van der Waals surface area contributed by atoms with E-state index < -0.39 is 11.6 Å². The third-order valence-corrected chi connectivity index (χ3v) is 3.23. The van der Waals surface area contributed by atoms with Gasteiger partial charge in [0.1, 0.15) is 0 Å². The molecule has 2 unspecified atom stereocenters. The smallest absolute Gasteiger partial charge is 0.159 e. The van der Waals surface area contributed by atoms with Crippen LogP contribution < -0.4 is 5.32 Å². The standard InChI is InChI=1S/C16H25F2NO/c1-6-19-14(15(20-7-2)16(3,4)5)11-8-9-12(17)13(18)10-11/h8-10,14-15,19H,6-7H2,1-5H3. The maximum atomic E-state index is 13.5. The Morgan fingerprint density at radius 1 is 1.15 bits per heavy atom. The molecule has 0 heterocycles. The molecule has 0 bridgehead atoms. The van der Waals surface area contributed by atoms with Gasteiger partial charge >= 0.3 is 0 Å². The van der Waals surface area contributed by atoms with Crippen LogP contribution in [0.3, 0.4) is 0 Å². The second-order valence-electron chi connectivity index (χ2n) is 5.95. The predicted octanol–water partition coefficient (Wildman–Crippen LogP) is 4.07. The molecule has 1 aromatic carbocycles. The van der Waals surface area contributed by atoms with Gasteiger partial charge in [0, 0.05) is 6.61 Å². The normalized spacial score (nSPS) is 15.2. The summed E-state index contributed by atoms with van der Waals surface area (Å²) >= 11 is 0. The zero-order valence-electron chi connectivity index (χ0n) is 13.0. The van der Waals surface area contributed by atoms with Crippen LogP contribution in [-0.4, -0.2) is 19.3 Å². The number of ether oxygens (including phenoxy) is 1. The van der Waals surface area contributed by atoms with Crippen LogP contribution in [0.15, 0.2) is 18.2 Å². The Hall–Kier alpha value is -1.00. The fourth-order valence-corrected chi connectivity index (χ4v) is 2.35. The summed E-state index contributed by atoms with van der Waals surface area (Å²) in [5.74, 6) is -1.65. The summed E-state index contributed by atoms with van der Waals surface area (Å²) < 4.78 is 32.5. The highest BCUT2D eigenvalue weighted by molar-refractivity contribution is 5.23. The summed E-state index contributed by atoms with van der Waals surface area (Å²) in [6.07, 6.45) is -0.127. The van der Waals surface area contributed by atoms with Crippen molar-refractivity contribution in [1.29, 1.82) is 0 Å². The van der Waals surface area contributed by atoms with Crippen molar-refractivity contribution >= 4 is 0 Å². The third kappa shape index (κ3) is 4.25. The fraction of sp³-hybridized carbons (Fsp3) is 0.625. The predicted molar refractivity (Wildman–Crippen MR) is 77.6 cm³/mol. The number of halogens is 2. The van der Waals surface area contributed by atoms with Crippen molar-refractivity contribution in [3.8, 4) is 0 Å². The van der Waals surface area contributed by atoms with E-state index in [-0.39, 0.29) is 17.6 Å². The van der Waals surface area contributed by atoms with Crippen LogP contribution in [-0.2, 0) is 4.74 Å². The molecule has 4 heteroatoms. The van der Waals surface area contributed by atoms with Gasteiger partial charge in [-0.15, -0.1) is 0 Å². The number of rotatable bonds is 6. The first-order valence-electron chi connectivity index (χ1n) is 7.11. The summed E-state index contributed by atoms with van der Waals surface area (Å²) in [6, 6.07) is 3.86. The molecule has 0 aliphatic heterocycles. The van der Waals surface area contributed by atoms with E-state index in [0.29, 0.717) is 12.2 Å². The Balaban J connectivity index is 3.16. The van der Waals surface area contributed by atoms with Crippen molar-refractivity contribution < 1.29 is 13.5 Å². The lowest BCUT2D eigenvalue weighted by molar-refractivity contribution is -0.0363. The number of likely N-dealkylation sites (N-methyl/N-ethyl adjacent to an activating group) is 1. The average Bonchev–Trinajstić information content (AvgIpc) is 2.36. The molecule has 0 radical (unpaired) electrons. The lowest BCUT2D eigenvalue weighted by Crippen LogP contribution is -2.42. The third-order valence-electron chi connectivity index (χ3n) is 3.23. The van der Waals surface area contributed by atoms with Gasteiger partial charge in [-0.3, -0.25) is 0 Å². The first kappa shape index (κ1) is 17.1. The molecule has 114 valence electrons. The minimum atomic E-state index is -0.826. The van der Waals surface area contributed by atoms with Gasteiger partial charge in [-0.1, -0.05) is 33.8 Å². The highest BCUT2D eigenvalue weighted by atomic mass is 19.2. The van der Waals surface area contributed by atoms with E-state index >= 15 is 0 Å². The van der Waals surface area contributed by atoms with Crippen molar-refractivity contribution in [1.82, 2.24) is 5.32 Å². The van der Waals surface area contributed by atoms with Gasteiger partial charge < -0.3 is 10.1 Å². The van der Waals surface area contributed by atoms with Gasteiger partial charge in [0.15, 0.2) is 11.6 Å². The second-order valence-corrected chi connectivity index (χ2v) is 5.95. The first-order valence-corrected chi connectivity index (χ1v) is 7.11. The monoisotopic (exact) mass is 285 g/mol. The highest BCUT2D eigenvalue weighted by Crippen LogP contribution is 2.33. The number of hydrogen-bond acceptors (Lipinski definition) is 2. The van der Waals surface area contributed by atoms with Crippen LogP contribution in [0.5, 0.6) is 0 Å². The molecule has 0 spiro atoms. The molecular weight excluding hydrogens is 260 g/mol. The van der Waals surface area contributed by atoms with Gasteiger partial charge in [0.25, 0.3) is 0 Å². The van der Waals surface area contributed by atoms with Crippen LogP contribution in [0.25, 0.3) is 0 Å². The zero-order chi connectivity index (χ0) is 15.3. The van der Waals surface area contributed by atoms with Crippen LogP contribution >= 0.6 is 0 Å². The maximum absolute atomic E-state index is 13.5. The van der Waals surface area contributed by atoms with Crippen LogP contribution in [0.4, 0.5) is 8.78 Å². The molecule has 1 aromatic rings. The van der Waals surface area contributed by atoms with Gasteiger partial charge in [-0.25, -0.2) is 8.78 Å². The Kier molecular flexibility index (Phi) is 6.08. The Morgan fingerprint density at radius 3 is 2.25 bits per heavy atom. The highest BCUT2D eigenvalue weighted by Gasteiger charge is 2.33. The van der Waals surface area contributed by atoms with E-state index in [1.807, 2.05) is 13.8 Å². The number of nitrogens with one attached hydrogen (secondary N) is 1. The first-order chi connectivity index (χ1) is 9.31. The lowest BCUT2D eigenvalue weighted by atomic mass is 9.82. The molecule has 1 N–H and O–H groups in total. The van der Waals surface area contributed by atoms with E-state index in [9.17, 15) is 8.78 Å². The molecule has 20 heavy (non-hydrogen) atoms. The van der Waals surface area contributed by atoms with E-state index in [4.69, 9.17) is 4.74 Å². The zero-order valence-corrected chi connectivity index (χ0v) is 13.0.